The van der Waals surface area contributed by atoms with E-state index in [1.165, 1.54) is 0 Å². The van der Waals surface area contributed by atoms with Crippen LogP contribution in [0.15, 0.2) is 43.0 Å². The lowest BCUT2D eigenvalue weighted by atomic mass is 9.93. The third kappa shape index (κ3) is 12.9. The van der Waals surface area contributed by atoms with Crippen LogP contribution in [0.4, 0.5) is 0 Å². The maximum absolute atomic E-state index is 10.6. The minimum Gasteiger partial charge on any atom is -0.481 e. The highest BCUT2D eigenvalue weighted by atomic mass is 16.4. The van der Waals surface area contributed by atoms with Gasteiger partial charge in [-0.25, -0.2) is 0 Å². The molecule has 1 N–H and O–H groups in total. The Bertz CT molecular complexity index is 304. The number of hydrogen-bond acceptors (Lipinski definition) is 1. The van der Waals surface area contributed by atoms with Crippen molar-refractivity contribution in [1.82, 2.24) is 0 Å². The molecular formula is C18H32O2. The molecule has 0 fully saturated rings. The van der Waals surface area contributed by atoms with Crippen molar-refractivity contribution in [2.24, 2.45) is 0 Å². The molecule has 0 aliphatic carbocycles. The number of carbonyl (C=O) groups is 1. The van der Waals surface area contributed by atoms with Gasteiger partial charge in [0.1, 0.15) is 0 Å². The molecule has 1 atom stereocenters. The van der Waals surface area contributed by atoms with Crippen molar-refractivity contribution in [1.29, 1.82) is 0 Å². The normalized spacial score (nSPS) is 9.30. The van der Waals surface area contributed by atoms with Crippen LogP contribution in [0.3, 0.4) is 0 Å². The highest BCUT2D eigenvalue weighted by Crippen LogP contribution is 2.23. The summed E-state index contributed by atoms with van der Waals surface area (Å²) in [5.41, 5.74) is 1.06. The van der Waals surface area contributed by atoms with Gasteiger partial charge in [-0.2, -0.15) is 0 Å². The van der Waals surface area contributed by atoms with Crippen molar-refractivity contribution in [3.63, 3.8) is 0 Å². The average Bonchev–Trinajstić information content (AvgIpc) is 2.53. The summed E-state index contributed by atoms with van der Waals surface area (Å²) < 4.78 is 0. The molecule has 2 nitrogen and oxygen atoms in total. The van der Waals surface area contributed by atoms with E-state index in [1.807, 2.05) is 71.9 Å². The van der Waals surface area contributed by atoms with Crippen molar-refractivity contribution in [3.05, 3.63) is 48.6 Å². The van der Waals surface area contributed by atoms with Gasteiger partial charge in [0, 0.05) is 0 Å². The van der Waals surface area contributed by atoms with Crippen molar-refractivity contribution in [2.45, 2.75) is 60.3 Å². The maximum atomic E-state index is 10.6. The topological polar surface area (TPSA) is 37.3 Å². The van der Waals surface area contributed by atoms with Gasteiger partial charge in [0.15, 0.2) is 0 Å². The zero-order valence-corrected chi connectivity index (χ0v) is 14.0. The number of rotatable bonds is 5. The molecule has 0 aromatic heterocycles. The number of carboxylic acids is 1. The molecule has 0 aliphatic rings. The smallest absolute Gasteiger partial charge is 0.303 e. The highest BCUT2D eigenvalue weighted by molar-refractivity contribution is 5.68. The third-order valence-electron chi connectivity index (χ3n) is 2.14. The fraction of sp³-hybridized carbons (Fsp3) is 0.500. The summed E-state index contributed by atoms with van der Waals surface area (Å²) in [5.74, 6) is -0.716. The molecule has 0 saturated heterocycles. The van der Waals surface area contributed by atoms with Gasteiger partial charge in [-0.15, -0.1) is 6.58 Å². The first-order valence-electron chi connectivity index (χ1n) is 7.61. The summed E-state index contributed by atoms with van der Waals surface area (Å²) in [5, 5.41) is 8.74. The van der Waals surface area contributed by atoms with Gasteiger partial charge in [0.05, 0.1) is 6.42 Å². The van der Waals surface area contributed by atoms with Crippen molar-refractivity contribution in [3.8, 4) is 0 Å². The fourth-order valence-electron chi connectivity index (χ4n) is 1.47. The monoisotopic (exact) mass is 280 g/mol. The zero-order chi connectivity index (χ0) is 16.4. The van der Waals surface area contributed by atoms with E-state index in [0.717, 1.165) is 5.56 Å². The van der Waals surface area contributed by atoms with Gasteiger partial charge in [0.2, 0.25) is 0 Å². The second kappa shape index (κ2) is 19.8. The number of carboxylic acid groups (broad SMARTS) is 1. The van der Waals surface area contributed by atoms with E-state index in [0.29, 0.717) is 6.42 Å². The molecule has 1 rings (SSSR count). The van der Waals surface area contributed by atoms with E-state index in [1.54, 1.807) is 6.08 Å². The molecule has 0 amide bonds. The first kappa shape index (κ1) is 23.5. The lowest BCUT2D eigenvalue weighted by Gasteiger charge is -2.12. The molecule has 1 aromatic rings. The minimum atomic E-state index is -0.763. The van der Waals surface area contributed by atoms with E-state index < -0.39 is 5.97 Å². The average molecular weight is 280 g/mol. The van der Waals surface area contributed by atoms with E-state index in [-0.39, 0.29) is 12.3 Å². The Balaban J connectivity index is -0.000000425. The summed E-state index contributed by atoms with van der Waals surface area (Å²) in [6, 6.07) is 9.68. The van der Waals surface area contributed by atoms with E-state index in [4.69, 9.17) is 5.11 Å². The maximum Gasteiger partial charge on any atom is 0.303 e. The molecule has 0 heterocycles. The highest BCUT2D eigenvalue weighted by Gasteiger charge is 2.13. The molecule has 2 heteroatoms. The van der Waals surface area contributed by atoms with Crippen LogP contribution in [0.25, 0.3) is 0 Å². The lowest BCUT2D eigenvalue weighted by Crippen LogP contribution is -2.05. The van der Waals surface area contributed by atoms with Crippen molar-refractivity contribution < 1.29 is 9.90 Å². The third-order valence-corrected chi connectivity index (χ3v) is 2.14. The van der Waals surface area contributed by atoms with E-state index in [9.17, 15) is 4.79 Å². The Hall–Kier alpha value is -1.57. The number of hydrogen-bond donors (Lipinski definition) is 1. The van der Waals surface area contributed by atoms with E-state index >= 15 is 0 Å². The van der Waals surface area contributed by atoms with Crippen LogP contribution >= 0.6 is 0 Å². The summed E-state index contributed by atoms with van der Waals surface area (Å²) in [7, 11) is 0. The first-order valence-corrected chi connectivity index (χ1v) is 7.61. The van der Waals surface area contributed by atoms with Gasteiger partial charge >= 0.3 is 5.97 Å². The zero-order valence-electron chi connectivity index (χ0n) is 14.0. The molecule has 116 valence electrons. The molecule has 0 spiro atoms. The van der Waals surface area contributed by atoms with Gasteiger partial charge < -0.3 is 5.11 Å². The van der Waals surface area contributed by atoms with Crippen LogP contribution in [-0.2, 0) is 4.79 Å². The molecule has 20 heavy (non-hydrogen) atoms. The quantitative estimate of drug-likeness (QED) is 0.682. The van der Waals surface area contributed by atoms with Crippen LogP contribution in [0.1, 0.15) is 65.9 Å². The van der Waals surface area contributed by atoms with Crippen LogP contribution in [-0.4, -0.2) is 11.1 Å². The molecule has 1 aromatic carbocycles. The SMILES string of the molecule is C=CC[C@H](CC(=O)O)c1ccccc1.CC.CC.CC. The standard InChI is InChI=1S/C12H14O2.3C2H6/c1-2-6-11(9-12(13)14)10-7-4-3-5-8-10;3*1-2/h2-5,7-8,11H,1,6,9H2,(H,13,14);3*1-2H3/t11-;;;/m1.../s1. The Morgan fingerprint density at radius 1 is 1.10 bits per heavy atom. The molecule has 0 unspecified atom stereocenters. The van der Waals surface area contributed by atoms with Crippen LogP contribution < -0.4 is 0 Å². The predicted molar refractivity (Wildman–Crippen MR) is 90.3 cm³/mol. The van der Waals surface area contributed by atoms with Crippen molar-refractivity contribution in [2.75, 3.05) is 0 Å². The summed E-state index contributed by atoms with van der Waals surface area (Å²) in [6.45, 7) is 15.6. The Morgan fingerprint density at radius 2 is 1.55 bits per heavy atom. The molecular weight excluding hydrogens is 248 g/mol. The Morgan fingerprint density at radius 3 is 1.90 bits per heavy atom. The van der Waals surface area contributed by atoms with E-state index in [2.05, 4.69) is 6.58 Å². The lowest BCUT2D eigenvalue weighted by molar-refractivity contribution is -0.137. The number of benzene rings is 1. The van der Waals surface area contributed by atoms with Crippen molar-refractivity contribution >= 4 is 5.97 Å². The molecule has 0 saturated carbocycles. The molecule has 0 radical (unpaired) electrons. The second-order valence-electron chi connectivity index (χ2n) is 3.23. The molecule has 0 bridgehead atoms. The number of aliphatic carboxylic acids is 1. The van der Waals surface area contributed by atoms with Gasteiger partial charge in [-0.1, -0.05) is 78.0 Å². The van der Waals surface area contributed by atoms with Crippen LogP contribution in [0, 0.1) is 0 Å². The van der Waals surface area contributed by atoms with Crippen LogP contribution in [0.2, 0.25) is 0 Å². The summed E-state index contributed by atoms with van der Waals surface area (Å²) in [4.78, 5) is 10.6. The summed E-state index contributed by atoms with van der Waals surface area (Å²) in [6.07, 6.45) is 2.63. The van der Waals surface area contributed by atoms with Gasteiger partial charge in [0.25, 0.3) is 0 Å². The summed E-state index contributed by atoms with van der Waals surface area (Å²) >= 11 is 0. The largest absolute Gasteiger partial charge is 0.481 e. The second-order valence-corrected chi connectivity index (χ2v) is 3.23. The Kier molecular flexibility index (Phi) is 23.2. The van der Waals surface area contributed by atoms with Gasteiger partial charge in [-0.3, -0.25) is 4.79 Å². The van der Waals surface area contributed by atoms with Crippen LogP contribution in [0.5, 0.6) is 0 Å². The minimum absolute atomic E-state index is 0.0474. The predicted octanol–water partition coefficient (Wildman–Crippen LogP) is 5.90. The van der Waals surface area contributed by atoms with Gasteiger partial charge in [-0.05, 0) is 17.9 Å². The Labute approximate surface area is 125 Å². The molecule has 0 aliphatic heterocycles. The first-order chi connectivity index (χ1) is 9.74. The number of allylic oxidation sites excluding steroid dienone is 1. The fourth-order valence-corrected chi connectivity index (χ4v) is 1.47.